The van der Waals surface area contributed by atoms with E-state index in [9.17, 15) is 4.39 Å². The summed E-state index contributed by atoms with van der Waals surface area (Å²) in [5.41, 5.74) is 6.52. The van der Waals surface area contributed by atoms with Crippen LogP contribution in [0.15, 0.2) is 36.4 Å². The molecular weight excluding hydrogens is 288 g/mol. The second-order valence-corrected chi connectivity index (χ2v) is 4.80. The van der Waals surface area contributed by atoms with E-state index in [-0.39, 0.29) is 5.02 Å². The van der Waals surface area contributed by atoms with Crippen molar-refractivity contribution < 1.29 is 9.13 Å². The normalized spacial score (nSPS) is 10.5. The Morgan fingerprint density at radius 3 is 2.47 bits per heavy atom. The standard InChI is InChI=1S/C14H12Cl2FNO/c15-11-8-10(2-3-13(11)17)19-14-4-1-9(5-6-18)7-12(14)16/h1-4,7-8H,5-6,18H2. The van der Waals surface area contributed by atoms with Crippen LogP contribution in [0.1, 0.15) is 5.56 Å². The number of ether oxygens (including phenoxy) is 1. The Kier molecular flexibility index (Phi) is 4.64. The van der Waals surface area contributed by atoms with Gasteiger partial charge in [0.2, 0.25) is 0 Å². The van der Waals surface area contributed by atoms with Crippen LogP contribution in [0.4, 0.5) is 4.39 Å². The van der Waals surface area contributed by atoms with Crippen LogP contribution < -0.4 is 10.5 Å². The first-order valence-electron chi connectivity index (χ1n) is 5.71. The summed E-state index contributed by atoms with van der Waals surface area (Å²) in [6.45, 7) is 0.560. The minimum absolute atomic E-state index is 0.00775. The highest BCUT2D eigenvalue weighted by Gasteiger charge is 2.07. The number of nitrogens with two attached hydrogens (primary N) is 1. The number of hydrogen-bond donors (Lipinski definition) is 1. The van der Waals surface area contributed by atoms with Crippen LogP contribution in [-0.2, 0) is 6.42 Å². The summed E-state index contributed by atoms with van der Waals surface area (Å²) in [6.07, 6.45) is 0.752. The van der Waals surface area contributed by atoms with Gasteiger partial charge in [0.25, 0.3) is 0 Å². The van der Waals surface area contributed by atoms with Gasteiger partial charge < -0.3 is 10.5 Å². The highest BCUT2D eigenvalue weighted by Crippen LogP contribution is 2.31. The van der Waals surface area contributed by atoms with E-state index < -0.39 is 5.82 Å². The third-order valence-electron chi connectivity index (χ3n) is 2.55. The van der Waals surface area contributed by atoms with Gasteiger partial charge in [0.05, 0.1) is 10.0 Å². The maximum atomic E-state index is 13.0. The summed E-state index contributed by atoms with van der Waals surface area (Å²) in [4.78, 5) is 0. The zero-order valence-electron chi connectivity index (χ0n) is 10.00. The molecule has 2 nitrogen and oxygen atoms in total. The lowest BCUT2D eigenvalue weighted by atomic mass is 10.1. The van der Waals surface area contributed by atoms with Crippen molar-refractivity contribution in [3.8, 4) is 11.5 Å². The van der Waals surface area contributed by atoms with E-state index >= 15 is 0 Å². The molecule has 0 aliphatic rings. The summed E-state index contributed by atoms with van der Waals surface area (Å²) in [7, 11) is 0. The summed E-state index contributed by atoms with van der Waals surface area (Å²) < 4.78 is 18.6. The van der Waals surface area contributed by atoms with Crippen LogP contribution in [-0.4, -0.2) is 6.54 Å². The molecule has 100 valence electrons. The molecule has 0 amide bonds. The van der Waals surface area contributed by atoms with Crippen molar-refractivity contribution in [2.75, 3.05) is 6.54 Å². The predicted molar refractivity (Wildman–Crippen MR) is 75.7 cm³/mol. The predicted octanol–water partition coefficient (Wildman–Crippen LogP) is 4.43. The Hall–Kier alpha value is -1.29. The highest BCUT2D eigenvalue weighted by molar-refractivity contribution is 6.32. The maximum absolute atomic E-state index is 13.0. The molecule has 0 fully saturated rings. The zero-order valence-corrected chi connectivity index (χ0v) is 11.5. The smallest absolute Gasteiger partial charge is 0.146 e. The van der Waals surface area contributed by atoms with Gasteiger partial charge in [-0.1, -0.05) is 29.3 Å². The van der Waals surface area contributed by atoms with Crippen LogP contribution in [0.2, 0.25) is 10.0 Å². The molecule has 5 heteroatoms. The Bertz CT molecular complexity index is 590. The average molecular weight is 300 g/mol. The molecule has 0 heterocycles. The van der Waals surface area contributed by atoms with Gasteiger partial charge in [-0.2, -0.15) is 0 Å². The van der Waals surface area contributed by atoms with Gasteiger partial charge in [0.1, 0.15) is 17.3 Å². The molecule has 19 heavy (non-hydrogen) atoms. The van der Waals surface area contributed by atoms with Crippen LogP contribution in [0.3, 0.4) is 0 Å². The van der Waals surface area contributed by atoms with Crippen molar-refractivity contribution in [1.82, 2.24) is 0 Å². The van der Waals surface area contributed by atoms with E-state index in [1.165, 1.54) is 18.2 Å². The van der Waals surface area contributed by atoms with Crippen molar-refractivity contribution in [3.05, 3.63) is 57.8 Å². The Balaban J connectivity index is 2.20. The summed E-state index contributed by atoms with van der Waals surface area (Å²) in [6, 6.07) is 9.58. The first-order chi connectivity index (χ1) is 9.10. The first kappa shape index (κ1) is 14.1. The number of rotatable bonds is 4. The second-order valence-electron chi connectivity index (χ2n) is 3.98. The number of hydrogen-bond acceptors (Lipinski definition) is 2. The number of halogens is 3. The Morgan fingerprint density at radius 1 is 1.05 bits per heavy atom. The lowest BCUT2D eigenvalue weighted by Gasteiger charge is -2.09. The summed E-state index contributed by atoms with van der Waals surface area (Å²) in [5.74, 6) is 0.434. The van der Waals surface area contributed by atoms with Crippen molar-refractivity contribution >= 4 is 23.2 Å². The number of benzene rings is 2. The summed E-state index contributed by atoms with van der Waals surface area (Å²) >= 11 is 11.8. The van der Waals surface area contributed by atoms with Gasteiger partial charge in [0, 0.05) is 6.07 Å². The van der Waals surface area contributed by atoms with Gasteiger partial charge in [-0.05, 0) is 42.8 Å². The van der Waals surface area contributed by atoms with E-state index in [0.29, 0.717) is 23.1 Å². The monoisotopic (exact) mass is 299 g/mol. The topological polar surface area (TPSA) is 35.2 Å². The van der Waals surface area contributed by atoms with Crippen LogP contribution in [0.5, 0.6) is 11.5 Å². The lowest BCUT2D eigenvalue weighted by Crippen LogP contribution is -2.02. The van der Waals surface area contributed by atoms with Crippen molar-refractivity contribution in [2.45, 2.75) is 6.42 Å². The molecule has 0 aromatic heterocycles. The van der Waals surface area contributed by atoms with Gasteiger partial charge in [-0.25, -0.2) is 4.39 Å². The zero-order chi connectivity index (χ0) is 13.8. The van der Waals surface area contributed by atoms with Crippen LogP contribution >= 0.6 is 23.2 Å². The average Bonchev–Trinajstić information content (AvgIpc) is 2.37. The van der Waals surface area contributed by atoms with Gasteiger partial charge >= 0.3 is 0 Å². The lowest BCUT2D eigenvalue weighted by molar-refractivity contribution is 0.480. The van der Waals surface area contributed by atoms with E-state index in [4.69, 9.17) is 33.7 Å². The molecule has 2 N–H and O–H groups in total. The largest absolute Gasteiger partial charge is 0.456 e. The second kappa shape index (κ2) is 6.24. The fraction of sp³-hybridized carbons (Fsp3) is 0.143. The molecule has 0 spiro atoms. The highest BCUT2D eigenvalue weighted by atomic mass is 35.5. The minimum atomic E-state index is -0.488. The van der Waals surface area contributed by atoms with E-state index in [1.807, 2.05) is 6.07 Å². The molecule has 0 aliphatic heterocycles. The fourth-order valence-electron chi connectivity index (χ4n) is 1.62. The van der Waals surface area contributed by atoms with Gasteiger partial charge in [-0.3, -0.25) is 0 Å². The quantitative estimate of drug-likeness (QED) is 0.906. The van der Waals surface area contributed by atoms with E-state index in [2.05, 4.69) is 0 Å². The maximum Gasteiger partial charge on any atom is 0.146 e. The van der Waals surface area contributed by atoms with Crippen molar-refractivity contribution in [3.63, 3.8) is 0 Å². The third kappa shape index (κ3) is 3.60. The molecule has 2 rings (SSSR count). The summed E-state index contributed by atoms with van der Waals surface area (Å²) in [5, 5.41) is 0.486. The molecule has 0 unspecified atom stereocenters. The molecular formula is C14H12Cl2FNO. The van der Waals surface area contributed by atoms with Crippen LogP contribution in [0, 0.1) is 5.82 Å². The van der Waals surface area contributed by atoms with Crippen molar-refractivity contribution in [2.24, 2.45) is 5.73 Å². The molecule has 0 saturated carbocycles. The molecule has 2 aromatic carbocycles. The SMILES string of the molecule is NCCc1ccc(Oc2ccc(F)c(Cl)c2)c(Cl)c1. The molecule has 0 atom stereocenters. The Morgan fingerprint density at radius 2 is 1.84 bits per heavy atom. The fourth-order valence-corrected chi connectivity index (χ4v) is 2.03. The van der Waals surface area contributed by atoms with E-state index in [0.717, 1.165) is 12.0 Å². The molecule has 0 bridgehead atoms. The van der Waals surface area contributed by atoms with Gasteiger partial charge in [-0.15, -0.1) is 0 Å². The molecule has 0 radical (unpaired) electrons. The minimum Gasteiger partial charge on any atom is -0.456 e. The van der Waals surface area contributed by atoms with Crippen LogP contribution in [0.25, 0.3) is 0 Å². The van der Waals surface area contributed by atoms with Crippen molar-refractivity contribution in [1.29, 1.82) is 0 Å². The molecule has 2 aromatic rings. The van der Waals surface area contributed by atoms with E-state index in [1.54, 1.807) is 12.1 Å². The third-order valence-corrected chi connectivity index (χ3v) is 3.13. The first-order valence-corrected chi connectivity index (χ1v) is 6.47. The Labute approximate surface area is 120 Å². The molecule has 0 saturated heterocycles. The van der Waals surface area contributed by atoms with Gasteiger partial charge in [0.15, 0.2) is 0 Å². The molecule has 0 aliphatic carbocycles.